The van der Waals surface area contributed by atoms with Gasteiger partial charge in [0.25, 0.3) is 0 Å². The van der Waals surface area contributed by atoms with Crippen molar-refractivity contribution in [3.05, 3.63) is 17.2 Å². The van der Waals surface area contributed by atoms with Gasteiger partial charge in [-0.25, -0.2) is 0 Å². The number of unbranched alkanes of at least 4 members (excludes halogenated alkanes) is 1. The molecule has 0 bridgehead atoms. The second-order valence-corrected chi connectivity index (χ2v) is 3.63. The standard InChI is InChI=1S/C11H18N2O/c1-3-4-5-8-6-7(2)11(14)10(13)9(8)12/h6,14H,3-5,12-13H2,1-2H3. The molecule has 0 unspecified atom stereocenters. The molecule has 5 N–H and O–H groups in total. The predicted octanol–water partition coefficient (Wildman–Crippen LogP) is 2.21. The first-order valence-corrected chi connectivity index (χ1v) is 4.94. The third kappa shape index (κ3) is 1.92. The van der Waals surface area contributed by atoms with Crippen molar-refractivity contribution < 1.29 is 5.11 Å². The fourth-order valence-corrected chi connectivity index (χ4v) is 1.49. The van der Waals surface area contributed by atoms with Gasteiger partial charge in [-0.05, 0) is 30.9 Å². The van der Waals surface area contributed by atoms with Crippen LogP contribution >= 0.6 is 0 Å². The summed E-state index contributed by atoms with van der Waals surface area (Å²) < 4.78 is 0. The molecule has 78 valence electrons. The highest BCUT2D eigenvalue weighted by Crippen LogP contribution is 2.33. The summed E-state index contributed by atoms with van der Waals surface area (Å²) in [6.45, 7) is 3.97. The average Bonchev–Trinajstić information content (AvgIpc) is 2.18. The normalized spacial score (nSPS) is 10.4. The lowest BCUT2D eigenvalue weighted by atomic mass is 10.0. The second-order valence-electron chi connectivity index (χ2n) is 3.63. The summed E-state index contributed by atoms with van der Waals surface area (Å²) in [5.74, 6) is 0.114. The monoisotopic (exact) mass is 194 g/mol. The van der Waals surface area contributed by atoms with Crippen LogP contribution in [0.25, 0.3) is 0 Å². The molecular weight excluding hydrogens is 176 g/mol. The summed E-state index contributed by atoms with van der Waals surface area (Å²) >= 11 is 0. The Morgan fingerprint density at radius 1 is 1.29 bits per heavy atom. The fourth-order valence-electron chi connectivity index (χ4n) is 1.49. The molecule has 3 nitrogen and oxygen atoms in total. The second kappa shape index (κ2) is 4.22. The molecule has 0 amide bonds. The van der Waals surface area contributed by atoms with Crippen LogP contribution in [0.15, 0.2) is 6.07 Å². The van der Waals surface area contributed by atoms with E-state index in [0.717, 1.165) is 30.4 Å². The van der Waals surface area contributed by atoms with Crippen molar-refractivity contribution in [3.8, 4) is 5.75 Å². The lowest BCUT2D eigenvalue weighted by molar-refractivity contribution is 0.474. The Hall–Kier alpha value is -1.38. The lowest BCUT2D eigenvalue weighted by Crippen LogP contribution is -2.01. The van der Waals surface area contributed by atoms with Crippen LogP contribution in [0.3, 0.4) is 0 Å². The van der Waals surface area contributed by atoms with Gasteiger partial charge in [-0.2, -0.15) is 0 Å². The Morgan fingerprint density at radius 3 is 2.50 bits per heavy atom. The Kier molecular flexibility index (Phi) is 3.23. The van der Waals surface area contributed by atoms with Gasteiger partial charge in [0.15, 0.2) is 0 Å². The zero-order chi connectivity index (χ0) is 10.7. The molecule has 0 saturated carbocycles. The number of nitrogens with two attached hydrogens (primary N) is 2. The topological polar surface area (TPSA) is 72.3 Å². The van der Waals surface area contributed by atoms with Crippen molar-refractivity contribution >= 4 is 11.4 Å². The summed E-state index contributed by atoms with van der Waals surface area (Å²) in [6, 6.07) is 1.91. The van der Waals surface area contributed by atoms with E-state index in [0.29, 0.717) is 11.4 Å². The van der Waals surface area contributed by atoms with Crippen LogP contribution in [-0.4, -0.2) is 5.11 Å². The van der Waals surface area contributed by atoms with Gasteiger partial charge in [-0.15, -0.1) is 0 Å². The van der Waals surface area contributed by atoms with Crippen molar-refractivity contribution in [3.63, 3.8) is 0 Å². The molecule has 0 aliphatic rings. The Balaban J connectivity index is 3.06. The van der Waals surface area contributed by atoms with E-state index < -0.39 is 0 Å². The number of hydrogen-bond acceptors (Lipinski definition) is 3. The molecule has 0 saturated heterocycles. The maximum atomic E-state index is 9.53. The first-order chi connectivity index (χ1) is 6.57. The smallest absolute Gasteiger partial charge is 0.143 e. The van der Waals surface area contributed by atoms with E-state index in [4.69, 9.17) is 11.5 Å². The predicted molar refractivity (Wildman–Crippen MR) is 60.3 cm³/mol. The van der Waals surface area contributed by atoms with Gasteiger partial charge in [-0.1, -0.05) is 19.4 Å². The maximum absolute atomic E-state index is 9.53. The van der Waals surface area contributed by atoms with E-state index in [-0.39, 0.29) is 5.75 Å². The molecule has 0 heterocycles. The number of hydrogen-bond donors (Lipinski definition) is 3. The first-order valence-electron chi connectivity index (χ1n) is 4.94. The quantitative estimate of drug-likeness (QED) is 0.510. The highest BCUT2D eigenvalue weighted by Gasteiger charge is 2.09. The van der Waals surface area contributed by atoms with Gasteiger partial charge in [0.1, 0.15) is 5.75 Å². The summed E-state index contributed by atoms with van der Waals surface area (Å²) in [5.41, 5.74) is 14.2. The van der Waals surface area contributed by atoms with Gasteiger partial charge in [0, 0.05) is 0 Å². The number of aromatic hydroxyl groups is 1. The van der Waals surface area contributed by atoms with E-state index in [1.54, 1.807) is 0 Å². The van der Waals surface area contributed by atoms with Gasteiger partial charge in [0.2, 0.25) is 0 Å². The van der Waals surface area contributed by atoms with Crippen LogP contribution < -0.4 is 11.5 Å². The minimum Gasteiger partial charge on any atom is -0.505 e. The van der Waals surface area contributed by atoms with E-state index >= 15 is 0 Å². The number of anilines is 2. The molecule has 0 aliphatic heterocycles. The SMILES string of the molecule is CCCCc1cc(C)c(O)c(N)c1N. The van der Waals surface area contributed by atoms with Gasteiger partial charge >= 0.3 is 0 Å². The van der Waals surface area contributed by atoms with Crippen LogP contribution in [-0.2, 0) is 6.42 Å². The van der Waals surface area contributed by atoms with Gasteiger partial charge in [-0.3, -0.25) is 0 Å². The molecule has 0 fully saturated rings. The minimum absolute atomic E-state index is 0.114. The Bertz CT molecular complexity index is 335. The molecule has 0 atom stereocenters. The molecular formula is C11H18N2O. The molecule has 1 aromatic rings. The van der Waals surface area contributed by atoms with Gasteiger partial charge < -0.3 is 16.6 Å². The van der Waals surface area contributed by atoms with Crippen molar-refractivity contribution in [2.24, 2.45) is 0 Å². The average molecular weight is 194 g/mol. The van der Waals surface area contributed by atoms with Crippen LogP contribution in [0.5, 0.6) is 5.75 Å². The Labute approximate surface area is 84.7 Å². The van der Waals surface area contributed by atoms with E-state index in [2.05, 4.69) is 6.92 Å². The summed E-state index contributed by atoms with van der Waals surface area (Å²) in [7, 11) is 0. The van der Waals surface area contributed by atoms with E-state index in [1.165, 1.54) is 0 Å². The molecule has 0 spiro atoms. The zero-order valence-corrected chi connectivity index (χ0v) is 8.80. The summed E-state index contributed by atoms with van der Waals surface area (Å²) in [6.07, 6.45) is 3.14. The zero-order valence-electron chi connectivity index (χ0n) is 8.80. The van der Waals surface area contributed by atoms with Crippen LogP contribution in [0.1, 0.15) is 30.9 Å². The van der Waals surface area contributed by atoms with Crippen molar-refractivity contribution in [1.82, 2.24) is 0 Å². The molecule has 0 aromatic heterocycles. The van der Waals surface area contributed by atoms with Crippen LogP contribution in [0, 0.1) is 6.92 Å². The third-order valence-corrected chi connectivity index (χ3v) is 2.46. The number of phenolic OH excluding ortho intramolecular Hbond substituents is 1. The number of phenols is 1. The van der Waals surface area contributed by atoms with Crippen molar-refractivity contribution in [2.45, 2.75) is 33.1 Å². The number of benzene rings is 1. The lowest BCUT2D eigenvalue weighted by Gasteiger charge is -2.11. The van der Waals surface area contributed by atoms with Crippen LogP contribution in [0.4, 0.5) is 11.4 Å². The molecule has 0 aliphatic carbocycles. The number of aryl methyl sites for hydroxylation is 2. The van der Waals surface area contributed by atoms with E-state index in [1.807, 2.05) is 13.0 Å². The van der Waals surface area contributed by atoms with Crippen LogP contribution in [0.2, 0.25) is 0 Å². The number of nitrogen functional groups attached to an aromatic ring is 2. The number of rotatable bonds is 3. The van der Waals surface area contributed by atoms with Gasteiger partial charge in [0.05, 0.1) is 11.4 Å². The highest BCUT2D eigenvalue weighted by atomic mass is 16.3. The molecule has 1 rings (SSSR count). The van der Waals surface area contributed by atoms with Crippen molar-refractivity contribution in [1.29, 1.82) is 0 Å². The fraction of sp³-hybridized carbons (Fsp3) is 0.455. The summed E-state index contributed by atoms with van der Waals surface area (Å²) in [5, 5.41) is 9.53. The molecule has 1 aromatic carbocycles. The minimum atomic E-state index is 0.114. The molecule has 3 heteroatoms. The maximum Gasteiger partial charge on any atom is 0.143 e. The van der Waals surface area contributed by atoms with Crippen molar-refractivity contribution in [2.75, 3.05) is 11.5 Å². The molecule has 14 heavy (non-hydrogen) atoms. The highest BCUT2D eigenvalue weighted by molar-refractivity contribution is 5.75. The van der Waals surface area contributed by atoms with E-state index in [9.17, 15) is 5.11 Å². The summed E-state index contributed by atoms with van der Waals surface area (Å²) in [4.78, 5) is 0. The largest absolute Gasteiger partial charge is 0.505 e. The Morgan fingerprint density at radius 2 is 1.93 bits per heavy atom. The third-order valence-electron chi connectivity index (χ3n) is 2.46. The first kappa shape index (κ1) is 10.7. The molecule has 0 radical (unpaired) electrons.